The molecule has 1 aromatic heterocycles. The lowest BCUT2D eigenvalue weighted by atomic mass is 10.1. The Morgan fingerprint density at radius 2 is 2.47 bits per heavy atom. The number of carbonyl (C=O) groups excluding carboxylic acids is 1. The maximum absolute atomic E-state index is 11.8. The van der Waals surface area contributed by atoms with E-state index in [1.54, 1.807) is 6.26 Å². The van der Waals surface area contributed by atoms with Gasteiger partial charge in [0, 0.05) is 13.2 Å². The van der Waals surface area contributed by atoms with E-state index in [1.165, 1.54) is 0 Å². The summed E-state index contributed by atoms with van der Waals surface area (Å²) in [6, 6.07) is 3.47. The molecule has 0 aliphatic carbocycles. The molecule has 1 aromatic rings. The van der Waals surface area contributed by atoms with Crippen molar-refractivity contribution in [3.63, 3.8) is 0 Å². The molecule has 0 radical (unpaired) electrons. The van der Waals surface area contributed by atoms with E-state index in [4.69, 9.17) is 9.15 Å². The van der Waals surface area contributed by atoms with Gasteiger partial charge in [0.15, 0.2) is 0 Å². The number of rotatable bonds is 7. The molecule has 0 saturated carbocycles. The Kier molecular flexibility index (Phi) is 5.42. The minimum atomic E-state index is -0.183. The van der Waals surface area contributed by atoms with Gasteiger partial charge < -0.3 is 19.8 Å². The van der Waals surface area contributed by atoms with E-state index in [1.807, 2.05) is 19.1 Å². The van der Waals surface area contributed by atoms with Crippen LogP contribution >= 0.6 is 0 Å². The van der Waals surface area contributed by atoms with Crippen molar-refractivity contribution in [2.75, 3.05) is 19.8 Å². The molecule has 2 heterocycles. The number of hydrogen-bond donors (Lipinski definition) is 2. The van der Waals surface area contributed by atoms with Gasteiger partial charge in [-0.3, -0.25) is 4.79 Å². The lowest BCUT2D eigenvalue weighted by molar-refractivity contribution is -0.123. The first-order valence-corrected chi connectivity index (χ1v) is 6.87. The van der Waals surface area contributed by atoms with Gasteiger partial charge in [0.25, 0.3) is 0 Å². The van der Waals surface area contributed by atoms with E-state index in [2.05, 4.69) is 10.6 Å². The molecule has 1 amide bonds. The largest absolute Gasteiger partial charge is 0.467 e. The minimum absolute atomic E-state index is 0.000859. The summed E-state index contributed by atoms with van der Waals surface area (Å²) in [6.45, 7) is 4.91. The van der Waals surface area contributed by atoms with Crippen LogP contribution in [-0.4, -0.2) is 31.7 Å². The molecule has 2 N–H and O–H groups in total. The first-order chi connectivity index (χ1) is 9.25. The molecule has 19 heavy (non-hydrogen) atoms. The maximum Gasteiger partial charge on any atom is 0.237 e. The molecule has 0 spiro atoms. The van der Waals surface area contributed by atoms with E-state index in [0.29, 0.717) is 12.5 Å². The molecule has 1 fully saturated rings. The van der Waals surface area contributed by atoms with Crippen molar-refractivity contribution in [1.82, 2.24) is 10.6 Å². The number of amides is 1. The molecular weight excluding hydrogens is 244 g/mol. The summed E-state index contributed by atoms with van der Waals surface area (Å²) < 4.78 is 10.5. The fourth-order valence-electron chi connectivity index (χ4n) is 2.15. The number of furan rings is 1. The zero-order valence-electron chi connectivity index (χ0n) is 11.4. The summed E-state index contributed by atoms with van der Waals surface area (Å²) in [5.41, 5.74) is 0. The van der Waals surface area contributed by atoms with Crippen LogP contribution in [0.15, 0.2) is 22.8 Å². The Labute approximate surface area is 113 Å². The summed E-state index contributed by atoms with van der Waals surface area (Å²) in [4.78, 5) is 11.8. The van der Waals surface area contributed by atoms with Crippen LogP contribution in [-0.2, 0) is 16.1 Å². The fraction of sp³-hybridized carbons (Fsp3) is 0.643. The second kappa shape index (κ2) is 7.31. The summed E-state index contributed by atoms with van der Waals surface area (Å²) >= 11 is 0. The van der Waals surface area contributed by atoms with Gasteiger partial charge in [-0.2, -0.15) is 0 Å². The lowest BCUT2D eigenvalue weighted by Gasteiger charge is -2.15. The molecule has 2 unspecified atom stereocenters. The molecule has 5 nitrogen and oxygen atoms in total. The summed E-state index contributed by atoms with van der Waals surface area (Å²) in [5.74, 6) is 1.41. The highest BCUT2D eigenvalue weighted by Gasteiger charge is 2.17. The topological polar surface area (TPSA) is 63.5 Å². The van der Waals surface area contributed by atoms with Crippen LogP contribution in [0.25, 0.3) is 0 Å². The van der Waals surface area contributed by atoms with E-state index >= 15 is 0 Å². The summed E-state index contributed by atoms with van der Waals surface area (Å²) in [7, 11) is 0. The number of ether oxygens (including phenoxy) is 1. The molecular formula is C14H22N2O3. The zero-order chi connectivity index (χ0) is 13.5. The van der Waals surface area contributed by atoms with E-state index in [0.717, 1.165) is 38.4 Å². The van der Waals surface area contributed by atoms with Crippen LogP contribution < -0.4 is 10.6 Å². The molecule has 106 valence electrons. The van der Waals surface area contributed by atoms with Crippen molar-refractivity contribution >= 4 is 5.91 Å². The predicted molar refractivity (Wildman–Crippen MR) is 71.6 cm³/mol. The van der Waals surface area contributed by atoms with Crippen LogP contribution in [0, 0.1) is 5.92 Å². The van der Waals surface area contributed by atoms with Gasteiger partial charge in [-0.05, 0) is 44.4 Å². The van der Waals surface area contributed by atoms with Gasteiger partial charge >= 0.3 is 0 Å². The standard InChI is InChI=1S/C14H22N2O3/c1-11(15-6-4-12-5-8-18-10-12)14(17)16-9-13-3-2-7-19-13/h2-3,7,11-12,15H,4-6,8-10H2,1H3,(H,16,17). The molecule has 2 rings (SSSR count). The Balaban J connectivity index is 1.59. The normalized spacial score (nSPS) is 20.4. The van der Waals surface area contributed by atoms with Crippen molar-refractivity contribution in [2.45, 2.75) is 32.4 Å². The van der Waals surface area contributed by atoms with Gasteiger partial charge in [-0.25, -0.2) is 0 Å². The third-order valence-corrected chi connectivity index (χ3v) is 3.44. The lowest BCUT2D eigenvalue weighted by Crippen LogP contribution is -2.42. The second-order valence-electron chi connectivity index (χ2n) is 4.99. The zero-order valence-corrected chi connectivity index (χ0v) is 11.4. The van der Waals surface area contributed by atoms with Gasteiger partial charge in [-0.1, -0.05) is 0 Å². The van der Waals surface area contributed by atoms with Gasteiger partial charge in [-0.15, -0.1) is 0 Å². The van der Waals surface area contributed by atoms with Crippen molar-refractivity contribution in [3.8, 4) is 0 Å². The highest BCUT2D eigenvalue weighted by Crippen LogP contribution is 2.15. The van der Waals surface area contributed by atoms with E-state index < -0.39 is 0 Å². The quantitative estimate of drug-likeness (QED) is 0.781. The molecule has 1 aliphatic heterocycles. The highest BCUT2D eigenvalue weighted by atomic mass is 16.5. The monoisotopic (exact) mass is 266 g/mol. The molecule has 1 saturated heterocycles. The molecule has 2 atom stereocenters. The van der Waals surface area contributed by atoms with Crippen LogP contribution in [0.4, 0.5) is 0 Å². The summed E-state index contributed by atoms with van der Waals surface area (Å²) in [6.07, 6.45) is 3.81. The smallest absolute Gasteiger partial charge is 0.237 e. The Hall–Kier alpha value is -1.33. The van der Waals surface area contributed by atoms with Crippen molar-refractivity contribution in [3.05, 3.63) is 24.2 Å². The molecule has 0 aromatic carbocycles. The maximum atomic E-state index is 11.8. The minimum Gasteiger partial charge on any atom is -0.467 e. The van der Waals surface area contributed by atoms with Crippen molar-refractivity contribution < 1.29 is 13.9 Å². The third-order valence-electron chi connectivity index (χ3n) is 3.44. The highest BCUT2D eigenvalue weighted by molar-refractivity contribution is 5.81. The average molecular weight is 266 g/mol. The van der Waals surface area contributed by atoms with Crippen molar-refractivity contribution in [2.24, 2.45) is 5.92 Å². The molecule has 1 aliphatic rings. The van der Waals surface area contributed by atoms with Crippen LogP contribution in [0.1, 0.15) is 25.5 Å². The summed E-state index contributed by atoms with van der Waals surface area (Å²) in [5, 5.41) is 6.08. The van der Waals surface area contributed by atoms with Crippen LogP contribution in [0.3, 0.4) is 0 Å². The molecule has 0 bridgehead atoms. The van der Waals surface area contributed by atoms with Gasteiger partial charge in [0.2, 0.25) is 5.91 Å². The first kappa shape index (κ1) is 14.1. The first-order valence-electron chi connectivity index (χ1n) is 6.87. The Bertz CT molecular complexity index is 372. The number of carbonyl (C=O) groups is 1. The van der Waals surface area contributed by atoms with E-state index in [-0.39, 0.29) is 11.9 Å². The van der Waals surface area contributed by atoms with E-state index in [9.17, 15) is 4.79 Å². The SMILES string of the molecule is CC(NCCC1CCOC1)C(=O)NCc1ccco1. The number of hydrogen-bond acceptors (Lipinski definition) is 4. The molecule has 5 heteroatoms. The average Bonchev–Trinajstić information content (AvgIpc) is 3.08. The Morgan fingerprint density at radius 3 is 3.16 bits per heavy atom. The Morgan fingerprint density at radius 1 is 1.58 bits per heavy atom. The van der Waals surface area contributed by atoms with Gasteiger partial charge in [0.05, 0.1) is 18.8 Å². The third kappa shape index (κ3) is 4.69. The number of nitrogens with one attached hydrogen (secondary N) is 2. The fourth-order valence-corrected chi connectivity index (χ4v) is 2.15. The predicted octanol–water partition coefficient (Wildman–Crippen LogP) is 1.30. The second-order valence-corrected chi connectivity index (χ2v) is 4.99. The van der Waals surface area contributed by atoms with Crippen molar-refractivity contribution in [1.29, 1.82) is 0 Å². The van der Waals surface area contributed by atoms with Gasteiger partial charge in [0.1, 0.15) is 5.76 Å². The van der Waals surface area contributed by atoms with Crippen LogP contribution in [0.2, 0.25) is 0 Å². The van der Waals surface area contributed by atoms with Crippen LogP contribution in [0.5, 0.6) is 0 Å².